The summed E-state index contributed by atoms with van der Waals surface area (Å²) in [4.78, 5) is 4.31. The number of rotatable bonds is 2. The second kappa shape index (κ2) is 5.05. The largest absolute Gasteiger partial charge is 0.369 e. The van der Waals surface area contributed by atoms with E-state index in [0.29, 0.717) is 16.1 Å². The Morgan fingerprint density at radius 3 is 2.80 bits per heavy atom. The van der Waals surface area contributed by atoms with Gasteiger partial charge in [0.2, 0.25) is 5.95 Å². The monoisotopic (exact) mass is 381 g/mol. The lowest BCUT2D eigenvalue weighted by atomic mass is 10.1. The van der Waals surface area contributed by atoms with Gasteiger partial charge in [0, 0.05) is 6.07 Å². The molecule has 0 fully saturated rings. The standard InChI is InChI=1S/C15H13FIN3/c1-9-4-2-3-5-10(9)8-20-14-6-11(16)12(17)7-13(14)19-15(20)18/h2-7H,8H2,1H3,(H2,18,19). The molecular formula is C15H13FIN3. The molecule has 0 unspecified atom stereocenters. The van der Waals surface area contributed by atoms with Gasteiger partial charge in [-0.25, -0.2) is 9.37 Å². The van der Waals surface area contributed by atoms with E-state index >= 15 is 0 Å². The minimum atomic E-state index is -0.246. The van der Waals surface area contributed by atoms with Crippen LogP contribution in [0.5, 0.6) is 0 Å². The summed E-state index contributed by atoms with van der Waals surface area (Å²) in [5, 5.41) is 0. The van der Waals surface area contributed by atoms with Gasteiger partial charge < -0.3 is 10.3 Å². The van der Waals surface area contributed by atoms with Crippen LogP contribution in [-0.4, -0.2) is 9.55 Å². The molecule has 0 bridgehead atoms. The molecule has 0 saturated carbocycles. The zero-order chi connectivity index (χ0) is 14.3. The van der Waals surface area contributed by atoms with Crippen LogP contribution in [0.4, 0.5) is 10.3 Å². The Bertz CT molecular complexity index is 795. The molecule has 102 valence electrons. The van der Waals surface area contributed by atoms with Crippen molar-refractivity contribution < 1.29 is 4.39 Å². The molecule has 5 heteroatoms. The highest BCUT2D eigenvalue weighted by atomic mass is 127. The molecule has 0 amide bonds. The average Bonchev–Trinajstić information content (AvgIpc) is 2.69. The van der Waals surface area contributed by atoms with E-state index in [0.717, 1.165) is 16.6 Å². The average molecular weight is 381 g/mol. The molecule has 2 N–H and O–H groups in total. The van der Waals surface area contributed by atoms with E-state index in [1.165, 1.54) is 11.6 Å². The second-order valence-electron chi connectivity index (χ2n) is 4.74. The number of hydrogen-bond donors (Lipinski definition) is 1. The minimum absolute atomic E-state index is 0.246. The molecule has 3 rings (SSSR count). The van der Waals surface area contributed by atoms with E-state index in [2.05, 4.69) is 4.98 Å². The highest BCUT2D eigenvalue weighted by Gasteiger charge is 2.12. The number of nitrogens with zero attached hydrogens (tertiary/aromatic N) is 2. The van der Waals surface area contributed by atoms with Crippen LogP contribution < -0.4 is 5.73 Å². The van der Waals surface area contributed by atoms with Gasteiger partial charge in [-0.1, -0.05) is 24.3 Å². The number of hydrogen-bond acceptors (Lipinski definition) is 2. The topological polar surface area (TPSA) is 43.8 Å². The molecule has 3 aromatic rings. The van der Waals surface area contributed by atoms with Crippen molar-refractivity contribution in [1.29, 1.82) is 0 Å². The first-order valence-electron chi connectivity index (χ1n) is 6.21. The molecule has 2 aromatic carbocycles. The van der Waals surface area contributed by atoms with Gasteiger partial charge in [0.25, 0.3) is 0 Å². The lowest BCUT2D eigenvalue weighted by Crippen LogP contribution is -2.05. The number of aromatic nitrogens is 2. The second-order valence-corrected chi connectivity index (χ2v) is 5.90. The van der Waals surface area contributed by atoms with Crippen molar-refractivity contribution in [1.82, 2.24) is 9.55 Å². The molecule has 20 heavy (non-hydrogen) atoms. The van der Waals surface area contributed by atoms with Gasteiger partial charge in [0.05, 0.1) is 21.1 Å². The van der Waals surface area contributed by atoms with Crippen molar-refractivity contribution in [3.05, 3.63) is 56.9 Å². The van der Waals surface area contributed by atoms with E-state index in [9.17, 15) is 4.39 Å². The number of aryl methyl sites for hydroxylation is 1. The number of nitrogen functional groups attached to an aromatic ring is 1. The van der Waals surface area contributed by atoms with Crippen molar-refractivity contribution in [2.24, 2.45) is 0 Å². The zero-order valence-corrected chi connectivity index (χ0v) is 13.1. The molecular weight excluding hydrogens is 368 g/mol. The molecule has 0 aliphatic rings. The smallest absolute Gasteiger partial charge is 0.201 e. The summed E-state index contributed by atoms with van der Waals surface area (Å²) in [7, 11) is 0. The number of fused-ring (bicyclic) bond motifs is 1. The van der Waals surface area contributed by atoms with E-state index in [1.54, 1.807) is 6.07 Å². The highest BCUT2D eigenvalue weighted by molar-refractivity contribution is 14.1. The van der Waals surface area contributed by atoms with Crippen molar-refractivity contribution in [2.45, 2.75) is 13.5 Å². The van der Waals surface area contributed by atoms with Gasteiger partial charge in [-0.05, 0) is 46.7 Å². The Kier molecular flexibility index (Phi) is 3.37. The lowest BCUT2D eigenvalue weighted by molar-refractivity contribution is 0.621. The van der Waals surface area contributed by atoms with Crippen LogP contribution in [0.1, 0.15) is 11.1 Å². The van der Waals surface area contributed by atoms with Crippen molar-refractivity contribution >= 4 is 39.6 Å². The van der Waals surface area contributed by atoms with E-state index < -0.39 is 0 Å². The molecule has 0 atom stereocenters. The van der Waals surface area contributed by atoms with Crippen LogP contribution in [-0.2, 0) is 6.54 Å². The van der Waals surface area contributed by atoms with Gasteiger partial charge in [-0.15, -0.1) is 0 Å². The Morgan fingerprint density at radius 2 is 2.05 bits per heavy atom. The van der Waals surface area contributed by atoms with Crippen LogP contribution in [0.15, 0.2) is 36.4 Å². The minimum Gasteiger partial charge on any atom is -0.369 e. The van der Waals surface area contributed by atoms with Crippen molar-refractivity contribution in [3.63, 3.8) is 0 Å². The van der Waals surface area contributed by atoms with Crippen molar-refractivity contribution in [3.8, 4) is 0 Å². The maximum atomic E-state index is 13.8. The Morgan fingerprint density at radius 1 is 1.30 bits per heavy atom. The predicted octanol–water partition coefficient (Wildman–Crippen LogP) is 3.72. The molecule has 1 heterocycles. The third-order valence-electron chi connectivity index (χ3n) is 3.41. The summed E-state index contributed by atoms with van der Waals surface area (Å²) in [6.07, 6.45) is 0. The Hall–Kier alpha value is -1.63. The molecule has 0 aliphatic heterocycles. The van der Waals surface area contributed by atoms with Gasteiger partial charge in [-0.2, -0.15) is 0 Å². The Labute approximate surface area is 129 Å². The SMILES string of the molecule is Cc1ccccc1Cn1c(N)nc2cc(I)c(F)cc21. The number of nitrogens with two attached hydrogens (primary N) is 1. The highest BCUT2D eigenvalue weighted by Crippen LogP contribution is 2.24. The summed E-state index contributed by atoms with van der Waals surface area (Å²) in [6, 6.07) is 11.3. The summed E-state index contributed by atoms with van der Waals surface area (Å²) in [5.74, 6) is 0.161. The fourth-order valence-electron chi connectivity index (χ4n) is 2.26. The zero-order valence-electron chi connectivity index (χ0n) is 10.9. The summed E-state index contributed by atoms with van der Waals surface area (Å²) in [5.41, 5.74) is 9.76. The lowest BCUT2D eigenvalue weighted by Gasteiger charge is -2.09. The van der Waals surface area contributed by atoms with Crippen LogP contribution >= 0.6 is 22.6 Å². The molecule has 0 radical (unpaired) electrons. The molecule has 0 saturated heterocycles. The molecule has 0 aliphatic carbocycles. The Balaban J connectivity index is 2.14. The molecule has 0 spiro atoms. The number of halogens is 2. The van der Waals surface area contributed by atoms with Crippen LogP contribution in [0, 0.1) is 16.3 Å². The van der Waals surface area contributed by atoms with E-state index in [1.807, 2.05) is 58.3 Å². The first kappa shape index (κ1) is 13.4. The van der Waals surface area contributed by atoms with Gasteiger partial charge >= 0.3 is 0 Å². The summed E-state index contributed by atoms with van der Waals surface area (Å²) >= 11 is 1.96. The van der Waals surface area contributed by atoms with Crippen molar-refractivity contribution in [2.75, 3.05) is 5.73 Å². The first-order valence-corrected chi connectivity index (χ1v) is 7.29. The van der Waals surface area contributed by atoms with Crippen LogP contribution in [0.2, 0.25) is 0 Å². The molecule has 1 aromatic heterocycles. The van der Waals surface area contributed by atoms with E-state index in [4.69, 9.17) is 5.73 Å². The summed E-state index contributed by atoms with van der Waals surface area (Å²) in [6.45, 7) is 2.64. The van der Waals surface area contributed by atoms with Gasteiger partial charge in [-0.3, -0.25) is 0 Å². The maximum absolute atomic E-state index is 13.8. The van der Waals surface area contributed by atoms with Gasteiger partial charge in [0.1, 0.15) is 5.82 Å². The number of anilines is 1. The fourth-order valence-corrected chi connectivity index (χ4v) is 2.71. The third kappa shape index (κ3) is 2.26. The first-order chi connectivity index (χ1) is 9.56. The quantitative estimate of drug-likeness (QED) is 0.688. The maximum Gasteiger partial charge on any atom is 0.201 e. The predicted molar refractivity (Wildman–Crippen MR) is 87.1 cm³/mol. The number of imidazole rings is 1. The third-order valence-corrected chi connectivity index (χ3v) is 4.24. The fraction of sp³-hybridized carbons (Fsp3) is 0.133. The van der Waals surface area contributed by atoms with Crippen LogP contribution in [0.3, 0.4) is 0 Å². The van der Waals surface area contributed by atoms with E-state index in [-0.39, 0.29) is 5.82 Å². The van der Waals surface area contributed by atoms with Crippen LogP contribution in [0.25, 0.3) is 11.0 Å². The van der Waals surface area contributed by atoms with Gasteiger partial charge in [0.15, 0.2) is 0 Å². The summed E-state index contributed by atoms with van der Waals surface area (Å²) < 4.78 is 16.2. The molecule has 3 nitrogen and oxygen atoms in total. The number of benzene rings is 2. The normalized spacial score (nSPS) is 11.2.